The number of aromatic nitrogens is 1. The second-order valence-electron chi connectivity index (χ2n) is 5.04. The highest BCUT2D eigenvalue weighted by Crippen LogP contribution is 2.28. The average Bonchev–Trinajstić information content (AvgIpc) is 2.37. The van der Waals surface area contributed by atoms with Gasteiger partial charge in [0.05, 0.1) is 5.41 Å². The van der Waals surface area contributed by atoms with Crippen LogP contribution in [0.25, 0.3) is 10.8 Å². The Morgan fingerprint density at radius 2 is 2.11 bits per heavy atom. The first kappa shape index (κ1) is 13.8. The molecule has 0 amide bonds. The lowest BCUT2D eigenvalue weighted by atomic mass is 9.94. The van der Waals surface area contributed by atoms with Gasteiger partial charge >= 0.3 is 5.97 Å². The molecule has 0 unspecified atom stereocenters. The van der Waals surface area contributed by atoms with Crippen molar-refractivity contribution in [2.45, 2.75) is 13.8 Å². The van der Waals surface area contributed by atoms with Crippen molar-refractivity contribution >= 4 is 38.5 Å². The molecule has 1 aromatic heterocycles. The van der Waals surface area contributed by atoms with Gasteiger partial charge in [-0.1, -0.05) is 28.1 Å². The summed E-state index contributed by atoms with van der Waals surface area (Å²) < 4.78 is 0.993. The van der Waals surface area contributed by atoms with E-state index in [1.807, 2.05) is 24.3 Å². The first-order chi connectivity index (χ1) is 8.92. The summed E-state index contributed by atoms with van der Waals surface area (Å²) in [5.41, 5.74) is -0.837. The number of carbonyl (C=O) groups is 1. The maximum Gasteiger partial charge on any atom is 0.310 e. The second-order valence-corrected chi connectivity index (χ2v) is 5.89. The van der Waals surface area contributed by atoms with Gasteiger partial charge in [0, 0.05) is 28.0 Å². The Balaban J connectivity index is 2.32. The van der Waals surface area contributed by atoms with Crippen LogP contribution in [0.3, 0.4) is 0 Å². The lowest BCUT2D eigenvalue weighted by Crippen LogP contribution is -2.32. The molecule has 19 heavy (non-hydrogen) atoms. The molecule has 0 radical (unpaired) electrons. The van der Waals surface area contributed by atoms with Crippen molar-refractivity contribution in [3.63, 3.8) is 0 Å². The van der Waals surface area contributed by atoms with Crippen molar-refractivity contribution in [2.75, 3.05) is 11.9 Å². The van der Waals surface area contributed by atoms with E-state index in [2.05, 4.69) is 26.2 Å². The lowest BCUT2D eigenvalue weighted by Gasteiger charge is -2.20. The van der Waals surface area contributed by atoms with Crippen LogP contribution < -0.4 is 5.32 Å². The fourth-order valence-electron chi connectivity index (χ4n) is 1.69. The Kier molecular flexibility index (Phi) is 3.75. The zero-order valence-corrected chi connectivity index (χ0v) is 12.4. The van der Waals surface area contributed by atoms with E-state index in [1.54, 1.807) is 20.0 Å². The van der Waals surface area contributed by atoms with E-state index in [0.29, 0.717) is 12.4 Å². The summed E-state index contributed by atoms with van der Waals surface area (Å²) in [6.07, 6.45) is 1.71. The molecule has 1 heterocycles. The Morgan fingerprint density at radius 3 is 2.79 bits per heavy atom. The third-order valence-electron chi connectivity index (χ3n) is 3.03. The van der Waals surface area contributed by atoms with Crippen LogP contribution in [0.15, 0.2) is 34.9 Å². The third kappa shape index (κ3) is 2.87. The summed E-state index contributed by atoms with van der Waals surface area (Å²) in [6, 6.07) is 7.78. The number of carboxylic acid groups (broad SMARTS) is 1. The number of rotatable bonds is 4. The molecule has 2 rings (SSSR count). The predicted octanol–water partition coefficient (Wildman–Crippen LogP) is 3.52. The summed E-state index contributed by atoms with van der Waals surface area (Å²) >= 11 is 3.50. The zero-order valence-electron chi connectivity index (χ0n) is 10.8. The van der Waals surface area contributed by atoms with Gasteiger partial charge in [-0.2, -0.15) is 0 Å². The van der Waals surface area contributed by atoms with Gasteiger partial charge in [-0.15, -0.1) is 0 Å². The summed E-state index contributed by atoms with van der Waals surface area (Å²) in [5, 5.41) is 14.3. The molecule has 5 heteroatoms. The van der Waals surface area contributed by atoms with Crippen molar-refractivity contribution in [1.82, 2.24) is 4.98 Å². The predicted molar refractivity (Wildman–Crippen MR) is 79.3 cm³/mol. The third-order valence-corrected chi connectivity index (χ3v) is 3.72. The Morgan fingerprint density at radius 1 is 1.37 bits per heavy atom. The number of hydrogen-bond donors (Lipinski definition) is 2. The zero-order chi connectivity index (χ0) is 14.0. The van der Waals surface area contributed by atoms with Gasteiger partial charge in [-0.3, -0.25) is 4.79 Å². The van der Waals surface area contributed by atoms with Crippen LogP contribution in [0.2, 0.25) is 0 Å². The van der Waals surface area contributed by atoms with Gasteiger partial charge in [0.15, 0.2) is 0 Å². The molecular formula is C14H15BrN2O2. The molecule has 4 nitrogen and oxygen atoms in total. The van der Waals surface area contributed by atoms with Crippen LogP contribution in [0.5, 0.6) is 0 Å². The number of carboxylic acids is 1. The van der Waals surface area contributed by atoms with Crippen LogP contribution in [-0.4, -0.2) is 22.6 Å². The number of nitrogens with one attached hydrogen (secondary N) is 1. The SMILES string of the molecule is CC(C)(CNc1nccc2c(Br)cccc12)C(=O)O. The summed E-state index contributed by atoms with van der Waals surface area (Å²) in [4.78, 5) is 15.4. The fourth-order valence-corrected chi connectivity index (χ4v) is 2.19. The van der Waals surface area contributed by atoms with Gasteiger partial charge in [-0.25, -0.2) is 4.98 Å². The average molecular weight is 323 g/mol. The summed E-state index contributed by atoms with van der Waals surface area (Å²) in [7, 11) is 0. The number of hydrogen-bond acceptors (Lipinski definition) is 3. The van der Waals surface area contributed by atoms with Gasteiger partial charge in [0.1, 0.15) is 5.82 Å². The molecule has 0 fully saturated rings. The van der Waals surface area contributed by atoms with Crippen LogP contribution in [0, 0.1) is 5.41 Å². The molecule has 0 aliphatic heterocycles. The fraction of sp³-hybridized carbons (Fsp3) is 0.286. The Bertz CT molecular complexity index is 626. The second kappa shape index (κ2) is 5.17. The minimum Gasteiger partial charge on any atom is -0.481 e. The molecular weight excluding hydrogens is 308 g/mol. The van der Waals surface area contributed by atoms with Gasteiger partial charge in [0.25, 0.3) is 0 Å². The monoisotopic (exact) mass is 322 g/mol. The first-order valence-corrected chi connectivity index (χ1v) is 6.71. The number of anilines is 1. The van der Waals surface area contributed by atoms with Crippen molar-refractivity contribution < 1.29 is 9.90 Å². The van der Waals surface area contributed by atoms with Crippen molar-refractivity contribution in [3.05, 3.63) is 34.9 Å². The molecule has 0 saturated heterocycles. The van der Waals surface area contributed by atoms with Crippen LogP contribution >= 0.6 is 15.9 Å². The minimum absolute atomic E-state index is 0.320. The maximum absolute atomic E-state index is 11.1. The molecule has 0 atom stereocenters. The molecule has 2 N–H and O–H groups in total. The van der Waals surface area contributed by atoms with Gasteiger partial charge in [-0.05, 0) is 26.0 Å². The van der Waals surface area contributed by atoms with E-state index in [-0.39, 0.29) is 0 Å². The van der Waals surface area contributed by atoms with E-state index in [0.717, 1.165) is 15.2 Å². The molecule has 0 bridgehead atoms. The number of benzene rings is 1. The van der Waals surface area contributed by atoms with Crippen LogP contribution in [0.4, 0.5) is 5.82 Å². The molecule has 0 spiro atoms. The summed E-state index contributed by atoms with van der Waals surface area (Å²) in [5.74, 6) is -0.130. The lowest BCUT2D eigenvalue weighted by molar-refractivity contribution is -0.146. The highest BCUT2D eigenvalue weighted by Gasteiger charge is 2.27. The van der Waals surface area contributed by atoms with E-state index in [1.165, 1.54) is 0 Å². The number of aliphatic carboxylic acids is 1. The normalized spacial score (nSPS) is 11.5. The van der Waals surface area contributed by atoms with Gasteiger partial charge in [0.2, 0.25) is 0 Å². The maximum atomic E-state index is 11.1. The molecule has 0 aliphatic rings. The minimum atomic E-state index is -0.837. The number of pyridine rings is 1. The number of fused-ring (bicyclic) bond motifs is 1. The quantitative estimate of drug-likeness (QED) is 0.904. The van der Waals surface area contributed by atoms with E-state index < -0.39 is 11.4 Å². The standard InChI is InChI=1S/C14H15BrN2O2/c1-14(2,13(18)19)8-17-12-10-4-3-5-11(15)9(10)6-7-16-12/h3-7H,8H2,1-2H3,(H,16,17)(H,18,19). The van der Waals surface area contributed by atoms with Crippen molar-refractivity contribution in [2.24, 2.45) is 5.41 Å². The van der Waals surface area contributed by atoms with Crippen LogP contribution in [-0.2, 0) is 4.79 Å². The molecule has 0 aliphatic carbocycles. The Hall–Kier alpha value is -1.62. The van der Waals surface area contributed by atoms with E-state index in [9.17, 15) is 4.79 Å². The number of halogens is 1. The largest absolute Gasteiger partial charge is 0.481 e. The Labute approximate surface area is 120 Å². The van der Waals surface area contributed by atoms with E-state index in [4.69, 9.17) is 5.11 Å². The highest BCUT2D eigenvalue weighted by molar-refractivity contribution is 9.10. The number of nitrogens with zero attached hydrogens (tertiary/aromatic N) is 1. The van der Waals surface area contributed by atoms with Crippen molar-refractivity contribution in [3.8, 4) is 0 Å². The smallest absolute Gasteiger partial charge is 0.310 e. The van der Waals surface area contributed by atoms with Gasteiger partial charge < -0.3 is 10.4 Å². The van der Waals surface area contributed by atoms with Crippen molar-refractivity contribution in [1.29, 1.82) is 0 Å². The highest BCUT2D eigenvalue weighted by atomic mass is 79.9. The molecule has 100 valence electrons. The van der Waals surface area contributed by atoms with E-state index >= 15 is 0 Å². The molecule has 2 aromatic rings. The summed E-state index contributed by atoms with van der Waals surface area (Å²) in [6.45, 7) is 3.69. The van der Waals surface area contributed by atoms with Crippen LogP contribution in [0.1, 0.15) is 13.8 Å². The first-order valence-electron chi connectivity index (χ1n) is 5.92. The molecule has 1 aromatic carbocycles. The molecule has 0 saturated carbocycles. The topological polar surface area (TPSA) is 62.2 Å².